The van der Waals surface area contributed by atoms with E-state index < -0.39 is 18.2 Å². The molecule has 31 heavy (non-hydrogen) atoms. The van der Waals surface area contributed by atoms with Crippen molar-refractivity contribution >= 4 is 46.1 Å². The number of ether oxygens (including phenoxy) is 1. The zero-order valence-corrected chi connectivity index (χ0v) is 19.5. The van der Waals surface area contributed by atoms with Crippen LogP contribution in [0.3, 0.4) is 0 Å². The molecule has 2 atom stereocenters. The first-order valence-electron chi connectivity index (χ1n) is 9.89. The van der Waals surface area contributed by atoms with E-state index in [-0.39, 0.29) is 17.9 Å². The van der Waals surface area contributed by atoms with Crippen molar-refractivity contribution in [3.63, 3.8) is 0 Å². The van der Waals surface area contributed by atoms with Gasteiger partial charge in [-0.15, -0.1) is 0 Å². The second-order valence-corrected chi connectivity index (χ2v) is 9.57. The summed E-state index contributed by atoms with van der Waals surface area (Å²) in [6, 6.07) is 15.2. The number of thioether (sulfide) groups is 1. The SMILES string of the molecule is CSC1=NC(NC(=O)c2ccc(Cl)cc2)C(C(=O)OCC(C)(C)C)N1c1ccccc1. The van der Waals surface area contributed by atoms with Crippen LogP contribution in [-0.2, 0) is 9.53 Å². The lowest BCUT2D eigenvalue weighted by atomic mass is 9.99. The first-order chi connectivity index (χ1) is 14.7. The predicted octanol–water partition coefficient (Wildman–Crippen LogP) is 4.59. The van der Waals surface area contributed by atoms with Gasteiger partial charge in [-0.2, -0.15) is 0 Å². The van der Waals surface area contributed by atoms with Gasteiger partial charge in [-0.1, -0.05) is 62.3 Å². The minimum absolute atomic E-state index is 0.183. The van der Waals surface area contributed by atoms with Crippen LogP contribution in [0, 0.1) is 5.41 Å². The first-order valence-corrected chi connectivity index (χ1v) is 11.5. The normalized spacial score (nSPS) is 18.5. The van der Waals surface area contributed by atoms with Gasteiger partial charge in [0, 0.05) is 16.3 Å². The van der Waals surface area contributed by atoms with Crippen molar-refractivity contribution in [2.75, 3.05) is 17.8 Å². The first kappa shape index (κ1) is 23.2. The molecule has 1 heterocycles. The van der Waals surface area contributed by atoms with Gasteiger partial charge in [-0.3, -0.25) is 4.79 Å². The molecular weight excluding hydrogens is 434 g/mol. The Bertz CT molecular complexity index is 958. The number of hydrogen-bond acceptors (Lipinski definition) is 6. The summed E-state index contributed by atoms with van der Waals surface area (Å²) in [5, 5.41) is 4.05. The topological polar surface area (TPSA) is 71.0 Å². The molecule has 0 aliphatic carbocycles. The second kappa shape index (κ2) is 9.75. The second-order valence-electron chi connectivity index (χ2n) is 8.36. The van der Waals surface area contributed by atoms with E-state index in [4.69, 9.17) is 16.3 Å². The number of carbonyl (C=O) groups is 2. The molecule has 8 heteroatoms. The summed E-state index contributed by atoms with van der Waals surface area (Å²) in [4.78, 5) is 32.5. The number of nitrogens with zero attached hydrogens (tertiary/aromatic N) is 2. The average Bonchev–Trinajstić information content (AvgIpc) is 3.10. The van der Waals surface area contributed by atoms with Crippen LogP contribution in [0.4, 0.5) is 5.69 Å². The average molecular weight is 460 g/mol. The predicted molar refractivity (Wildman–Crippen MR) is 127 cm³/mol. The molecule has 0 spiro atoms. The molecule has 6 nitrogen and oxygen atoms in total. The number of carbonyl (C=O) groups excluding carboxylic acids is 2. The smallest absolute Gasteiger partial charge is 0.333 e. The zero-order valence-electron chi connectivity index (χ0n) is 18.0. The Morgan fingerprint density at radius 2 is 1.77 bits per heavy atom. The Morgan fingerprint density at radius 3 is 2.35 bits per heavy atom. The maximum atomic E-state index is 13.2. The minimum atomic E-state index is -0.816. The molecule has 0 radical (unpaired) electrons. The van der Waals surface area contributed by atoms with Gasteiger partial charge in [0.1, 0.15) is 0 Å². The van der Waals surface area contributed by atoms with Crippen molar-refractivity contribution in [3.05, 3.63) is 65.2 Å². The molecule has 1 aliphatic rings. The summed E-state index contributed by atoms with van der Waals surface area (Å²) in [5.74, 6) is -0.776. The van der Waals surface area contributed by atoms with Gasteiger partial charge in [-0.05, 0) is 48.1 Å². The minimum Gasteiger partial charge on any atom is -0.463 e. The van der Waals surface area contributed by atoms with Crippen LogP contribution in [0.15, 0.2) is 59.6 Å². The number of nitrogens with one attached hydrogen (secondary N) is 1. The molecule has 2 aromatic carbocycles. The Balaban J connectivity index is 1.91. The molecule has 0 saturated heterocycles. The summed E-state index contributed by atoms with van der Waals surface area (Å²) in [7, 11) is 0. The molecule has 1 aliphatic heterocycles. The Labute approximate surface area is 192 Å². The highest BCUT2D eigenvalue weighted by atomic mass is 35.5. The van der Waals surface area contributed by atoms with E-state index in [9.17, 15) is 9.59 Å². The molecule has 3 rings (SSSR count). The molecule has 0 bridgehead atoms. The number of esters is 1. The van der Waals surface area contributed by atoms with E-state index in [2.05, 4.69) is 10.3 Å². The van der Waals surface area contributed by atoms with Gasteiger partial charge in [0.05, 0.1) is 6.61 Å². The van der Waals surface area contributed by atoms with Crippen LogP contribution in [-0.4, -0.2) is 42.1 Å². The number of halogens is 1. The standard InChI is InChI=1S/C23H26ClN3O3S/c1-23(2,3)14-30-21(29)18-19(25-20(28)15-10-12-16(24)13-11-15)26-22(31-4)27(18)17-8-6-5-7-9-17/h5-13,18-19H,14H2,1-4H3,(H,25,28). The fourth-order valence-electron chi connectivity index (χ4n) is 3.06. The van der Waals surface area contributed by atoms with E-state index in [1.807, 2.05) is 62.3 Å². The Hall–Kier alpha value is -2.51. The van der Waals surface area contributed by atoms with Crippen molar-refractivity contribution in [3.8, 4) is 0 Å². The number of benzene rings is 2. The molecule has 164 valence electrons. The van der Waals surface area contributed by atoms with Gasteiger partial charge < -0.3 is 15.0 Å². The number of para-hydroxylation sites is 1. The monoisotopic (exact) mass is 459 g/mol. The van der Waals surface area contributed by atoms with Crippen molar-refractivity contribution in [2.45, 2.75) is 33.0 Å². The lowest BCUT2D eigenvalue weighted by Crippen LogP contribution is -2.52. The molecular formula is C23H26ClN3O3S. The number of anilines is 1. The third-order valence-electron chi connectivity index (χ3n) is 4.52. The van der Waals surface area contributed by atoms with Gasteiger partial charge in [0.2, 0.25) is 0 Å². The number of amidine groups is 1. The van der Waals surface area contributed by atoms with E-state index in [0.29, 0.717) is 15.8 Å². The largest absolute Gasteiger partial charge is 0.463 e. The third-order valence-corrected chi connectivity index (χ3v) is 5.44. The number of aliphatic imine (C=N–C) groups is 1. The van der Waals surface area contributed by atoms with Crippen molar-refractivity contribution in [2.24, 2.45) is 10.4 Å². The zero-order chi connectivity index (χ0) is 22.6. The highest BCUT2D eigenvalue weighted by molar-refractivity contribution is 8.13. The summed E-state index contributed by atoms with van der Waals surface area (Å²) in [6.07, 6.45) is 1.09. The molecule has 1 N–H and O–H groups in total. The summed E-state index contributed by atoms with van der Waals surface area (Å²) in [5.41, 5.74) is 1.05. The summed E-state index contributed by atoms with van der Waals surface area (Å²) < 4.78 is 5.64. The summed E-state index contributed by atoms with van der Waals surface area (Å²) in [6.45, 7) is 6.24. The van der Waals surface area contributed by atoms with Crippen LogP contribution in [0.1, 0.15) is 31.1 Å². The van der Waals surface area contributed by atoms with Gasteiger partial charge in [0.25, 0.3) is 5.91 Å². The third kappa shape index (κ3) is 5.80. The Morgan fingerprint density at radius 1 is 1.13 bits per heavy atom. The lowest BCUT2D eigenvalue weighted by molar-refractivity contribution is -0.148. The molecule has 0 aromatic heterocycles. The van der Waals surface area contributed by atoms with Crippen molar-refractivity contribution < 1.29 is 14.3 Å². The molecule has 2 unspecified atom stereocenters. The number of rotatable bonds is 5. The highest BCUT2D eigenvalue weighted by Crippen LogP contribution is 2.30. The van der Waals surface area contributed by atoms with E-state index in [1.54, 1.807) is 24.3 Å². The molecule has 0 fully saturated rings. The van der Waals surface area contributed by atoms with Gasteiger partial charge >= 0.3 is 5.97 Å². The van der Waals surface area contributed by atoms with Crippen LogP contribution in [0.2, 0.25) is 5.02 Å². The van der Waals surface area contributed by atoms with Gasteiger partial charge in [-0.25, -0.2) is 9.79 Å². The number of hydrogen-bond donors (Lipinski definition) is 1. The maximum Gasteiger partial charge on any atom is 0.333 e. The fourth-order valence-corrected chi connectivity index (χ4v) is 3.82. The summed E-state index contributed by atoms with van der Waals surface area (Å²) >= 11 is 7.33. The van der Waals surface area contributed by atoms with Crippen molar-refractivity contribution in [1.29, 1.82) is 0 Å². The van der Waals surface area contributed by atoms with E-state index in [0.717, 1.165) is 5.69 Å². The van der Waals surface area contributed by atoms with Crippen LogP contribution < -0.4 is 10.2 Å². The Kier molecular flexibility index (Phi) is 7.28. The van der Waals surface area contributed by atoms with Crippen LogP contribution in [0.25, 0.3) is 0 Å². The quantitative estimate of drug-likeness (QED) is 0.662. The molecule has 2 aromatic rings. The van der Waals surface area contributed by atoms with Crippen LogP contribution >= 0.6 is 23.4 Å². The maximum absolute atomic E-state index is 13.2. The lowest BCUT2D eigenvalue weighted by Gasteiger charge is -2.29. The highest BCUT2D eigenvalue weighted by Gasteiger charge is 2.44. The van der Waals surface area contributed by atoms with Crippen LogP contribution in [0.5, 0.6) is 0 Å². The van der Waals surface area contributed by atoms with E-state index >= 15 is 0 Å². The van der Waals surface area contributed by atoms with Gasteiger partial charge in [0.15, 0.2) is 17.4 Å². The molecule has 0 saturated carbocycles. The number of amides is 1. The fraction of sp³-hybridized carbons (Fsp3) is 0.348. The van der Waals surface area contributed by atoms with E-state index in [1.165, 1.54) is 11.8 Å². The van der Waals surface area contributed by atoms with Crippen molar-refractivity contribution in [1.82, 2.24) is 5.32 Å². The molecule has 1 amide bonds.